The third kappa shape index (κ3) is 4.70. The molecule has 0 aliphatic heterocycles. The summed E-state index contributed by atoms with van der Waals surface area (Å²) in [6.45, 7) is 0. The average Bonchev–Trinajstić information content (AvgIpc) is 3.25. The number of allylic oxidation sites excluding steroid dienone is 1. The minimum absolute atomic E-state index is 0.236. The normalized spacial score (nSPS) is 15.0. The number of hydroxylamine groups is 1. The number of nitrogens with one attached hydrogen (secondary N) is 1. The standard InChI is InChI=1S/C29H29NO9/c1-34-20-12-17(13-21(35-2)26(20)37-4)23-18(11-15-7-9-16(10-8-15)29(32)30-33)25(31)19-14-22(36-3)27(38-5)28(39-6)24(19)23/h7-14,23,33H,1-6H3,(H,30,32)/b18-11-. The van der Waals surface area contributed by atoms with E-state index in [-0.39, 0.29) is 11.3 Å². The number of carbonyl (C=O) groups excluding carboxylic acids is 2. The smallest absolute Gasteiger partial charge is 0.274 e. The van der Waals surface area contributed by atoms with Crippen LogP contribution in [0.1, 0.15) is 43.3 Å². The molecule has 204 valence electrons. The Bertz CT molecular complexity index is 1420. The van der Waals surface area contributed by atoms with E-state index >= 15 is 0 Å². The zero-order valence-corrected chi connectivity index (χ0v) is 22.4. The molecule has 39 heavy (non-hydrogen) atoms. The SMILES string of the molecule is COc1cc(C2/C(=C/c3ccc(C(=O)NO)cc3)C(=O)c3cc(OC)c(OC)c(OC)c32)cc(OC)c1OC. The Morgan fingerprint density at radius 3 is 1.79 bits per heavy atom. The molecule has 2 N–H and O–H groups in total. The molecule has 1 atom stereocenters. The molecule has 0 aromatic heterocycles. The van der Waals surface area contributed by atoms with Gasteiger partial charge < -0.3 is 28.4 Å². The number of methoxy groups -OCH3 is 6. The summed E-state index contributed by atoms with van der Waals surface area (Å²) in [6, 6.07) is 11.7. The Morgan fingerprint density at radius 1 is 0.769 bits per heavy atom. The second kappa shape index (κ2) is 11.4. The van der Waals surface area contributed by atoms with Crippen molar-refractivity contribution in [2.45, 2.75) is 5.92 Å². The van der Waals surface area contributed by atoms with Crippen molar-refractivity contribution in [1.29, 1.82) is 0 Å². The summed E-state index contributed by atoms with van der Waals surface area (Å²) in [5.74, 6) is 0.828. The van der Waals surface area contributed by atoms with Crippen LogP contribution in [0, 0.1) is 0 Å². The lowest BCUT2D eigenvalue weighted by Gasteiger charge is -2.21. The number of carbonyl (C=O) groups is 2. The van der Waals surface area contributed by atoms with Crippen molar-refractivity contribution in [2.75, 3.05) is 42.7 Å². The van der Waals surface area contributed by atoms with Gasteiger partial charge in [-0.15, -0.1) is 0 Å². The van der Waals surface area contributed by atoms with E-state index in [1.54, 1.807) is 54.0 Å². The van der Waals surface area contributed by atoms with E-state index in [4.69, 9.17) is 33.6 Å². The Hall–Kier alpha value is -4.70. The van der Waals surface area contributed by atoms with E-state index in [0.29, 0.717) is 62.3 Å². The highest BCUT2D eigenvalue weighted by molar-refractivity contribution is 6.18. The van der Waals surface area contributed by atoms with Gasteiger partial charge in [-0.2, -0.15) is 0 Å². The van der Waals surface area contributed by atoms with E-state index in [0.717, 1.165) is 0 Å². The molecule has 1 aliphatic carbocycles. The molecule has 3 aromatic carbocycles. The van der Waals surface area contributed by atoms with Crippen molar-refractivity contribution in [2.24, 2.45) is 0 Å². The number of amides is 1. The average molecular weight is 536 g/mol. The number of Topliss-reactive ketones (excluding diaryl/α,β-unsaturated/α-hetero) is 1. The monoisotopic (exact) mass is 535 g/mol. The summed E-state index contributed by atoms with van der Waals surface area (Å²) < 4.78 is 33.6. The van der Waals surface area contributed by atoms with Crippen LogP contribution in [0.2, 0.25) is 0 Å². The molecule has 0 saturated heterocycles. The van der Waals surface area contributed by atoms with Gasteiger partial charge in [-0.1, -0.05) is 12.1 Å². The molecule has 10 heteroatoms. The highest BCUT2D eigenvalue weighted by Crippen LogP contribution is 2.55. The second-order valence-electron chi connectivity index (χ2n) is 8.49. The molecule has 3 aromatic rings. The topological polar surface area (TPSA) is 122 Å². The first-order valence-electron chi connectivity index (χ1n) is 11.8. The van der Waals surface area contributed by atoms with Gasteiger partial charge in [0.25, 0.3) is 5.91 Å². The summed E-state index contributed by atoms with van der Waals surface area (Å²) in [6.07, 6.45) is 1.75. The van der Waals surface area contributed by atoms with E-state index < -0.39 is 11.8 Å². The maximum absolute atomic E-state index is 14.0. The lowest BCUT2D eigenvalue weighted by Crippen LogP contribution is -2.18. The van der Waals surface area contributed by atoms with Crippen molar-refractivity contribution in [3.05, 3.63) is 75.9 Å². The van der Waals surface area contributed by atoms with Gasteiger partial charge in [0.15, 0.2) is 28.8 Å². The minimum Gasteiger partial charge on any atom is -0.493 e. The van der Waals surface area contributed by atoms with Crippen molar-refractivity contribution < 1.29 is 43.2 Å². The molecule has 0 heterocycles. The predicted molar refractivity (Wildman–Crippen MR) is 142 cm³/mol. The fourth-order valence-corrected chi connectivity index (χ4v) is 4.83. The van der Waals surface area contributed by atoms with Gasteiger partial charge in [0, 0.05) is 28.2 Å². The molecule has 0 fully saturated rings. The summed E-state index contributed by atoms with van der Waals surface area (Å²) in [4.78, 5) is 25.7. The Balaban J connectivity index is 2.02. The van der Waals surface area contributed by atoms with Crippen molar-refractivity contribution in [3.8, 4) is 34.5 Å². The Morgan fingerprint density at radius 2 is 1.31 bits per heavy atom. The molecule has 0 saturated carbocycles. The van der Waals surface area contributed by atoms with Crippen LogP contribution in [-0.4, -0.2) is 59.6 Å². The van der Waals surface area contributed by atoms with Crippen molar-refractivity contribution in [1.82, 2.24) is 5.48 Å². The first-order valence-corrected chi connectivity index (χ1v) is 11.8. The molecular weight excluding hydrogens is 506 g/mol. The zero-order valence-electron chi connectivity index (χ0n) is 22.4. The van der Waals surface area contributed by atoms with E-state index in [2.05, 4.69) is 0 Å². The highest BCUT2D eigenvalue weighted by Gasteiger charge is 2.41. The molecular formula is C29H29NO9. The molecule has 1 aliphatic rings. The van der Waals surface area contributed by atoms with Gasteiger partial charge in [0.2, 0.25) is 11.5 Å². The van der Waals surface area contributed by atoms with Crippen LogP contribution >= 0.6 is 0 Å². The largest absolute Gasteiger partial charge is 0.493 e. The minimum atomic E-state index is -0.641. The number of rotatable bonds is 9. The quantitative estimate of drug-likeness (QED) is 0.235. The zero-order chi connectivity index (χ0) is 28.3. The third-order valence-electron chi connectivity index (χ3n) is 6.59. The van der Waals surface area contributed by atoms with Crippen molar-refractivity contribution >= 4 is 17.8 Å². The van der Waals surface area contributed by atoms with Crippen LogP contribution in [0.5, 0.6) is 34.5 Å². The number of ether oxygens (including phenoxy) is 6. The van der Waals surface area contributed by atoms with Gasteiger partial charge in [-0.05, 0) is 47.5 Å². The fourth-order valence-electron chi connectivity index (χ4n) is 4.83. The number of benzene rings is 3. The van der Waals surface area contributed by atoms with Crippen LogP contribution in [0.3, 0.4) is 0 Å². The maximum atomic E-state index is 14.0. The van der Waals surface area contributed by atoms with Gasteiger partial charge in [0.05, 0.1) is 42.7 Å². The van der Waals surface area contributed by atoms with Gasteiger partial charge in [0.1, 0.15) is 0 Å². The first-order chi connectivity index (χ1) is 18.9. The van der Waals surface area contributed by atoms with E-state index in [1.807, 2.05) is 0 Å². The Labute approximate surface area is 225 Å². The second-order valence-corrected chi connectivity index (χ2v) is 8.49. The van der Waals surface area contributed by atoms with Gasteiger partial charge in [-0.25, -0.2) is 5.48 Å². The van der Waals surface area contributed by atoms with Crippen LogP contribution in [0.15, 0.2) is 48.0 Å². The molecule has 0 radical (unpaired) electrons. The Kier molecular flexibility index (Phi) is 7.96. The van der Waals surface area contributed by atoms with Crippen LogP contribution in [0.25, 0.3) is 6.08 Å². The van der Waals surface area contributed by atoms with Crippen LogP contribution in [-0.2, 0) is 0 Å². The number of hydrogen-bond donors (Lipinski definition) is 2. The first kappa shape index (κ1) is 27.3. The lowest BCUT2D eigenvalue weighted by molar-refractivity contribution is 0.0706. The molecule has 1 unspecified atom stereocenters. The van der Waals surface area contributed by atoms with Crippen LogP contribution < -0.4 is 33.9 Å². The lowest BCUT2D eigenvalue weighted by atomic mass is 9.87. The summed E-state index contributed by atoms with van der Waals surface area (Å²) in [5, 5.41) is 8.92. The number of ketones is 1. The maximum Gasteiger partial charge on any atom is 0.274 e. The molecule has 0 spiro atoms. The molecule has 4 rings (SSSR count). The summed E-state index contributed by atoms with van der Waals surface area (Å²) in [7, 11) is 9.04. The van der Waals surface area contributed by atoms with Crippen molar-refractivity contribution in [3.63, 3.8) is 0 Å². The number of fused-ring (bicyclic) bond motifs is 1. The highest BCUT2D eigenvalue weighted by atomic mass is 16.5. The molecule has 0 bridgehead atoms. The summed E-state index contributed by atoms with van der Waals surface area (Å²) >= 11 is 0. The predicted octanol–water partition coefficient (Wildman–Crippen LogP) is 4.27. The van der Waals surface area contributed by atoms with E-state index in [9.17, 15) is 9.59 Å². The van der Waals surface area contributed by atoms with E-state index in [1.165, 1.54) is 42.7 Å². The molecule has 10 nitrogen and oxygen atoms in total. The van der Waals surface area contributed by atoms with Crippen LogP contribution in [0.4, 0.5) is 0 Å². The number of hydrogen-bond acceptors (Lipinski definition) is 9. The summed E-state index contributed by atoms with van der Waals surface area (Å²) in [5.41, 5.74) is 4.64. The fraction of sp³-hybridized carbons (Fsp3) is 0.241. The third-order valence-corrected chi connectivity index (χ3v) is 6.59. The molecule has 1 amide bonds. The van der Waals surface area contributed by atoms with Gasteiger partial charge >= 0.3 is 0 Å². The van der Waals surface area contributed by atoms with Gasteiger partial charge in [-0.3, -0.25) is 14.8 Å².